The van der Waals surface area contributed by atoms with Gasteiger partial charge in [-0.15, -0.1) is 0 Å². The maximum atomic E-state index is 11.0. The summed E-state index contributed by atoms with van der Waals surface area (Å²) in [6, 6.07) is 11.6. The first-order chi connectivity index (χ1) is 12.7. The van der Waals surface area contributed by atoms with E-state index < -0.39 is 5.97 Å². The fourth-order valence-corrected chi connectivity index (χ4v) is 3.76. The van der Waals surface area contributed by atoms with E-state index in [1.165, 1.54) is 27.8 Å². The van der Waals surface area contributed by atoms with Gasteiger partial charge in [-0.05, 0) is 76.3 Å². The van der Waals surface area contributed by atoms with Gasteiger partial charge in [0.15, 0.2) is 0 Å². The minimum atomic E-state index is -0.897. The van der Waals surface area contributed by atoms with Gasteiger partial charge in [-0.3, -0.25) is 0 Å². The molecule has 0 fully saturated rings. The molecular weight excluding hydrogens is 332 g/mol. The molecule has 0 spiro atoms. The van der Waals surface area contributed by atoms with Gasteiger partial charge in [0.1, 0.15) is 0 Å². The van der Waals surface area contributed by atoms with Crippen LogP contribution in [0.3, 0.4) is 0 Å². The molecule has 2 heteroatoms. The van der Waals surface area contributed by atoms with Gasteiger partial charge in [-0.1, -0.05) is 64.1 Å². The number of hydrogen-bond donors (Lipinski definition) is 1. The zero-order valence-electron chi connectivity index (χ0n) is 16.8. The lowest BCUT2D eigenvalue weighted by Gasteiger charge is -2.34. The molecule has 1 aliphatic rings. The molecule has 2 aromatic carbocycles. The van der Waals surface area contributed by atoms with Crippen molar-refractivity contribution in [2.24, 2.45) is 5.92 Å². The molecule has 0 unspecified atom stereocenters. The van der Waals surface area contributed by atoms with E-state index in [2.05, 4.69) is 58.9 Å². The molecule has 0 aliphatic heterocycles. The Balaban J connectivity index is 1.99. The fourth-order valence-electron chi connectivity index (χ4n) is 3.76. The lowest BCUT2D eigenvalue weighted by atomic mass is 9.70. The maximum Gasteiger partial charge on any atom is 0.335 e. The molecule has 0 heterocycles. The third-order valence-electron chi connectivity index (χ3n) is 5.51. The molecule has 0 atom stereocenters. The number of benzene rings is 2. The van der Waals surface area contributed by atoms with E-state index in [0.717, 1.165) is 12.0 Å². The summed E-state index contributed by atoms with van der Waals surface area (Å²) in [4.78, 5) is 11.0. The highest BCUT2D eigenvalue weighted by Gasteiger charge is 2.29. The SMILES string of the molecule is Cc1cc2c(cc1C=Cc1ccc(C(=O)O)cc1)C(C(C)C)=CCC2(C)C. The van der Waals surface area contributed by atoms with Gasteiger partial charge in [-0.25, -0.2) is 4.79 Å². The molecule has 3 rings (SSSR count). The molecule has 0 amide bonds. The maximum absolute atomic E-state index is 11.0. The topological polar surface area (TPSA) is 37.3 Å². The first-order valence-electron chi connectivity index (χ1n) is 9.56. The molecule has 0 saturated heterocycles. The second-order valence-corrected chi connectivity index (χ2v) is 8.42. The van der Waals surface area contributed by atoms with Gasteiger partial charge in [0.25, 0.3) is 0 Å². The highest BCUT2D eigenvalue weighted by molar-refractivity contribution is 5.88. The summed E-state index contributed by atoms with van der Waals surface area (Å²) in [5.74, 6) is -0.394. The number of aryl methyl sites for hydroxylation is 1. The van der Waals surface area contributed by atoms with E-state index >= 15 is 0 Å². The zero-order valence-corrected chi connectivity index (χ0v) is 16.8. The molecule has 140 valence electrons. The molecule has 1 N–H and O–H groups in total. The van der Waals surface area contributed by atoms with Crippen LogP contribution in [0.5, 0.6) is 0 Å². The minimum absolute atomic E-state index is 0.160. The number of carbonyl (C=O) groups is 1. The summed E-state index contributed by atoms with van der Waals surface area (Å²) in [7, 11) is 0. The van der Waals surface area contributed by atoms with Crippen LogP contribution in [0.15, 0.2) is 42.5 Å². The van der Waals surface area contributed by atoms with Crippen LogP contribution in [0, 0.1) is 12.8 Å². The molecule has 2 aromatic rings. The highest BCUT2D eigenvalue weighted by Crippen LogP contribution is 2.42. The van der Waals surface area contributed by atoms with Gasteiger partial charge in [-0.2, -0.15) is 0 Å². The monoisotopic (exact) mass is 360 g/mol. The Hall–Kier alpha value is -2.61. The van der Waals surface area contributed by atoms with Crippen LogP contribution >= 0.6 is 0 Å². The van der Waals surface area contributed by atoms with E-state index in [1.807, 2.05) is 18.2 Å². The van der Waals surface area contributed by atoms with Crippen LogP contribution in [0.4, 0.5) is 0 Å². The van der Waals surface area contributed by atoms with Gasteiger partial charge in [0.2, 0.25) is 0 Å². The van der Waals surface area contributed by atoms with E-state index in [4.69, 9.17) is 5.11 Å². The van der Waals surface area contributed by atoms with Crippen LogP contribution in [-0.4, -0.2) is 11.1 Å². The predicted molar refractivity (Wildman–Crippen MR) is 114 cm³/mol. The third kappa shape index (κ3) is 3.90. The smallest absolute Gasteiger partial charge is 0.335 e. The number of allylic oxidation sites excluding steroid dienone is 2. The van der Waals surface area contributed by atoms with Crippen LogP contribution < -0.4 is 0 Å². The Morgan fingerprint density at radius 2 is 1.78 bits per heavy atom. The molecule has 0 bridgehead atoms. The number of carboxylic acids is 1. The van der Waals surface area contributed by atoms with E-state index in [9.17, 15) is 4.79 Å². The van der Waals surface area contributed by atoms with Crippen molar-refractivity contribution in [1.29, 1.82) is 0 Å². The Kier molecular flexibility index (Phi) is 5.10. The lowest BCUT2D eigenvalue weighted by Crippen LogP contribution is -2.23. The van der Waals surface area contributed by atoms with Crippen molar-refractivity contribution < 1.29 is 9.90 Å². The third-order valence-corrected chi connectivity index (χ3v) is 5.51. The molecule has 27 heavy (non-hydrogen) atoms. The second kappa shape index (κ2) is 7.19. The summed E-state index contributed by atoms with van der Waals surface area (Å²) in [5.41, 5.74) is 8.19. The van der Waals surface area contributed by atoms with Crippen LogP contribution in [-0.2, 0) is 5.41 Å². The number of aromatic carboxylic acids is 1. The molecule has 2 nitrogen and oxygen atoms in total. The van der Waals surface area contributed by atoms with E-state index in [0.29, 0.717) is 11.5 Å². The Morgan fingerprint density at radius 1 is 1.11 bits per heavy atom. The summed E-state index contributed by atoms with van der Waals surface area (Å²) in [6.45, 7) is 11.3. The van der Waals surface area contributed by atoms with Crippen molar-refractivity contribution in [2.45, 2.75) is 46.5 Å². The predicted octanol–water partition coefficient (Wildman–Crippen LogP) is 6.58. The van der Waals surface area contributed by atoms with Crippen molar-refractivity contribution in [1.82, 2.24) is 0 Å². The summed E-state index contributed by atoms with van der Waals surface area (Å²) in [6.07, 6.45) is 7.66. The Morgan fingerprint density at radius 3 is 2.37 bits per heavy atom. The first kappa shape index (κ1) is 19.2. The largest absolute Gasteiger partial charge is 0.478 e. The van der Waals surface area contributed by atoms with Gasteiger partial charge < -0.3 is 5.11 Å². The van der Waals surface area contributed by atoms with Crippen molar-refractivity contribution in [3.05, 3.63) is 75.9 Å². The summed E-state index contributed by atoms with van der Waals surface area (Å²) < 4.78 is 0. The van der Waals surface area contributed by atoms with Crippen molar-refractivity contribution >= 4 is 23.7 Å². The van der Waals surface area contributed by atoms with Crippen molar-refractivity contribution in [3.8, 4) is 0 Å². The molecule has 1 aliphatic carbocycles. The molecule has 0 aromatic heterocycles. The average molecular weight is 360 g/mol. The van der Waals surface area contributed by atoms with Crippen molar-refractivity contribution in [2.75, 3.05) is 0 Å². The van der Waals surface area contributed by atoms with E-state index in [1.54, 1.807) is 12.1 Å². The molecular formula is C25H28O2. The Bertz CT molecular complexity index is 926. The van der Waals surface area contributed by atoms with Crippen LogP contribution in [0.1, 0.15) is 72.3 Å². The normalized spacial score (nSPS) is 15.7. The summed E-state index contributed by atoms with van der Waals surface area (Å²) >= 11 is 0. The highest BCUT2D eigenvalue weighted by atomic mass is 16.4. The first-order valence-corrected chi connectivity index (χ1v) is 9.56. The molecule has 0 radical (unpaired) electrons. The standard InChI is InChI=1S/C25H28O2/c1-16(2)21-12-13-25(4,5)23-14-17(3)20(15-22(21)23)11-8-18-6-9-19(10-7-18)24(26)27/h6-12,14-16H,13H2,1-5H3,(H,26,27). The van der Waals surface area contributed by atoms with E-state index in [-0.39, 0.29) is 5.41 Å². The van der Waals surface area contributed by atoms with Crippen LogP contribution in [0.2, 0.25) is 0 Å². The zero-order chi connectivity index (χ0) is 19.8. The second-order valence-electron chi connectivity index (χ2n) is 8.42. The Labute approximate surface area is 162 Å². The number of hydrogen-bond acceptors (Lipinski definition) is 1. The fraction of sp³-hybridized carbons (Fsp3) is 0.320. The number of fused-ring (bicyclic) bond motifs is 1. The van der Waals surface area contributed by atoms with Crippen molar-refractivity contribution in [3.63, 3.8) is 0 Å². The lowest BCUT2D eigenvalue weighted by molar-refractivity contribution is 0.0697. The summed E-state index contributed by atoms with van der Waals surface area (Å²) in [5, 5.41) is 9.02. The quantitative estimate of drug-likeness (QED) is 0.625. The number of carboxylic acid groups (broad SMARTS) is 1. The number of rotatable bonds is 4. The van der Waals surface area contributed by atoms with Crippen LogP contribution in [0.25, 0.3) is 17.7 Å². The van der Waals surface area contributed by atoms with Gasteiger partial charge in [0, 0.05) is 0 Å². The molecule has 0 saturated carbocycles. The average Bonchev–Trinajstić information content (AvgIpc) is 2.60. The van der Waals surface area contributed by atoms with Gasteiger partial charge >= 0.3 is 5.97 Å². The van der Waals surface area contributed by atoms with Gasteiger partial charge in [0.05, 0.1) is 5.56 Å². The minimum Gasteiger partial charge on any atom is -0.478 e.